The molecule has 1 aliphatic rings. The summed E-state index contributed by atoms with van der Waals surface area (Å²) in [4.78, 5) is 2.25. The fraction of sp³-hybridized carbons (Fsp3) is 0.538. The minimum absolute atomic E-state index is 0.0378. The summed E-state index contributed by atoms with van der Waals surface area (Å²) in [5.41, 5.74) is 0. The van der Waals surface area contributed by atoms with Gasteiger partial charge in [0, 0.05) is 18.1 Å². The highest BCUT2D eigenvalue weighted by Crippen LogP contribution is 2.25. The SMILES string of the molecule is CN1CCCC(CNS(=O)(=O)c2cc(Cl)ccc2Cl)C1. The standard InChI is InChI=1S/C13H18Cl2N2O2S/c1-17-6-2-3-10(9-17)8-16-20(18,19)13-7-11(14)4-5-12(13)15/h4-5,7,10,16H,2-3,6,8-9H2,1H3. The van der Waals surface area contributed by atoms with Crippen molar-refractivity contribution in [3.63, 3.8) is 0 Å². The number of nitrogens with zero attached hydrogens (tertiary/aromatic N) is 1. The van der Waals surface area contributed by atoms with Gasteiger partial charge in [-0.15, -0.1) is 0 Å². The maximum atomic E-state index is 12.3. The lowest BCUT2D eigenvalue weighted by atomic mass is 9.99. The van der Waals surface area contributed by atoms with Gasteiger partial charge in [-0.3, -0.25) is 0 Å². The molecule has 112 valence electrons. The molecule has 1 N–H and O–H groups in total. The third-order valence-electron chi connectivity index (χ3n) is 3.47. The summed E-state index contributed by atoms with van der Waals surface area (Å²) in [5, 5.41) is 0.537. The van der Waals surface area contributed by atoms with Crippen LogP contribution in [0, 0.1) is 5.92 Å². The van der Waals surface area contributed by atoms with Gasteiger partial charge < -0.3 is 4.90 Å². The molecule has 1 atom stereocenters. The van der Waals surface area contributed by atoms with Crippen LogP contribution in [0.4, 0.5) is 0 Å². The third kappa shape index (κ3) is 4.09. The first-order valence-electron chi connectivity index (χ1n) is 6.52. The Bertz CT molecular complexity index is 578. The number of hydrogen-bond donors (Lipinski definition) is 1. The highest BCUT2D eigenvalue weighted by molar-refractivity contribution is 7.89. The van der Waals surface area contributed by atoms with Crippen LogP contribution < -0.4 is 4.72 Å². The van der Waals surface area contributed by atoms with E-state index in [1.54, 1.807) is 6.07 Å². The summed E-state index contributed by atoms with van der Waals surface area (Å²) in [6, 6.07) is 4.44. The Balaban J connectivity index is 2.05. The molecule has 0 saturated carbocycles. The number of halogens is 2. The first-order chi connectivity index (χ1) is 9.38. The first kappa shape index (κ1) is 16.0. The van der Waals surface area contributed by atoms with Gasteiger partial charge in [0.1, 0.15) is 4.90 Å². The molecule has 0 bridgehead atoms. The molecule has 1 fully saturated rings. The quantitative estimate of drug-likeness (QED) is 0.919. The van der Waals surface area contributed by atoms with E-state index in [1.165, 1.54) is 12.1 Å². The van der Waals surface area contributed by atoms with E-state index in [-0.39, 0.29) is 9.92 Å². The number of piperidine rings is 1. The molecule has 7 heteroatoms. The van der Waals surface area contributed by atoms with Gasteiger partial charge >= 0.3 is 0 Å². The van der Waals surface area contributed by atoms with E-state index >= 15 is 0 Å². The third-order valence-corrected chi connectivity index (χ3v) is 5.61. The Morgan fingerprint density at radius 2 is 2.15 bits per heavy atom. The van der Waals surface area contributed by atoms with Gasteiger partial charge in [0.15, 0.2) is 0 Å². The van der Waals surface area contributed by atoms with E-state index < -0.39 is 10.0 Å². The highest BCUT2D eigenvalue weighted by Gasteiger charge is 2.22. The molecule has 1 aromatic carbocycles. The molecule has 2 rings (SSSR count). The van der Waals surface area contributed by atoms with Crippen molar-refractivity contribution in [2.45, 2.75) is 17.7 Å². The fourth-order valence-electron chi connectivity index (χ4n) is 2.43. The Kier molecular flexibility index (Phi) is 5.31. The van der Waals surface area contributed by atoms with Crippen LogP contribution >= 0.6 is 23.2 Å². The molecular weight excluding hydrogens is 319 g/mol. The van der Waals surface area contributed by atoms with Crippen molar-refractivity contribution in [1.29, 1.82) is 0 Å². The summed E-state index contributed by atoms with van der Waals surface area (Å²) < 4.78 is 27.2. The molecule has 20 heavy (non-hydrogen) atoms. The molecule has 1 aliphatic heterocycles. The first-order valence-corrected chi connectivity index (χ1v) is 8.75. The van der Waals surface area contributed by atoms with Crippen molar-refractivity contribution < 1.29 is 8.42 Å². The normalized spacial score (nSPS) is 21.1. The van der Waals surface area contributed by atoms with Crippen molar-refractivity contribution >= 4 is 33.2 Å². The largest absolute Gasteiger partial charge is 0.306 e. The molecule has 1 aromatic rings. The number of hydrogen-bond acceptors (Lipinski definition) is 3. The molecular formula is C13H18Cl2N2O2S. The molecule has 0 aliphatic carbocycles. The van der Waals surface area contributed by atoms with Crippen molar-refractivity contribution in [3.05, 3.63) is 28.2 Å². The van der Waals surface area contributed by atoms with Crippen LogP contribution in [0.5, 0.6) is 0 Å². The zero-order valence-corrected chi connectivity index (χ0v) is 13.6. The fourth-order valence-corrected chi connectivity index (χ4v) is 4.30. The van der Waals surface area contributed by atoms with Gasteiger partial charge in [0.05, 0.1) is 5.02 Å². The summed E-state index contributed by atoms with van der Waals surface area (Å²) in [7, 11) is -1.57. The van der Waals surface area contributed by atoms with Gasteiger partial charge in [-0.1, -0.05) is 23.2 Å². The maximum Gasteiger partial charge on any atom is 0.242 e. The summed E-state index contributed by atoms with van der Waals surface area (Å²) in [5.74, 6) is 0.335. The Labute approximate surface area is 130 Å². The molecule has 0 amide bonds. The number of benzene rings is 1. The lowest BCUT2D eigenvalue weighted by Gasteiger charge is -2.29. The van der Waals surface area contributed by atoms with Gasteiger partial charge in [0.2, 0.25) is 10.0 Å². The van der Waals surface area contributed by atoms with E-state index in [9.17, 15) is 8.42 Å². The maximum absolute atomic E-state index is 12.3. The number of sulfonamides is 1. The predicted molar refractivity (Wildman–Crippen MR) is 81.9 cm³/mol. The molecule has 1 unspecified atom stereocenters. The van der Waals surface area contributed by atoms with Gasteiger partial charge in [-0.05, 0) is 50.6 Å². The van der Waals surface area contributed by atoms with Crippen molar-refractivity contribution in [3.8, 4) is 0 Å². The minimum Gasteiger partial charge on any atom is -0.306 e. The summed E-state index contributed by atoms with van der Waals surface area (Å²) >= 11 is 11.8. The Morgan fingerprint density at radius 1 is 1.40 bits per heavy atom. The van der Waals surface area contributed by atoms with E-state index in [2.05, 4.69) is 16.7 Å². The van der Waals surface area contributed by atoms with Crippen molar-refractivity contribution in [2.75, 3.05) is 26.7 Å². The lowest BCUT2D eigenvalue weighted by Crippen LogP contribution is -2.39. The van der Waals surface area contributed by atoms with Crippen molar-refractivity contribution in [1.82, 2.24) is 9.62 Å². The van der Waals surface area contributed by atoms with E-state index in [0.717, 1.165) is 25.9 Å². The van der Waals surface area contributed by atoms with Crippen LogP contribution in [0.25, 0.3) is 0 Å². The molecule has 0 aromatic heterocycles. The Morgan fingerprint density at radius 3 is 2.85 bits per heavy atom. The van der Waals surface area contributed by atoms with Crippen LogP contribution in [0.3, 0.4) is 0 Å². The van der Waals surface area contributed by atoms with Crippen LogP contribution in [0.1, 0.15) is 12.8 Å². The molecule has 0 spiro atoms. The molecule has 1 heterocycles. The molecule has 4 nitrogen and oxygen atoms in total. The van der Waals surface area contributed by atoms with E-state index in [1.807, 2.05) is 0 Å². The zero-order valence-electron chi connectivity index (χ0n) is 11.3. The number of nitrogens with one attached hydrogen (secondary N) is 1. The number of rotatable bonds is 4. The second-order valence-corrected chi connectivity index (χ2v) is 7.78. The average Bonchev–Trinajstić information content (AvgIpc) is 2.39. The summed E-state index contributed by atoms with van der Waals surface area (Å²) in [6.45, 7) is 2.41. The van der Waals surface area contributed by atoms with Gasteiger partial charge in [-0.25, -0.2) is 13.1 Å². The van der Waals surface area contributed by atoms with Gasteiger partial charge in [0.25, 0.3) is 0 Å². The second kappa shape index (κ2) is 6.62. The number of likely N-dealkylation sites (tertiary alicyclic amines) is 1. The van der Waals surface area contributed by atoms with Crippen LogP contribution in [-0.2, 0) is 10.0 Å². The highest BCUT2D eigenvalue weighted by atomic mass is 35.5. The van der Waals surface area contributed by atoms with Gasteiger partial charge in [-0.2, -0.15) is 0 Å². The van der Waals surface area contributed by atoms with E-state index in [0.29, 0.717) is 17.5 Å². The lowest BCUT2D eigenvalue weighted by molar-refractivity contribution is 0.211. The second-order valence-electron chi connectivity index (χ2n) is 5.20. The Hall–Kier alpha value is -0.330. The van der Waals surface area contributed by atoms with Crippen LogP contribution in [0.15, 0.2) is 23.1 Å². The molecule has 0 radical (unpaired) electrons. The van der Waals surface area contributed by atoms with Crippen LogP contribution in [0.2, 0.25) is 10.0 Å². The molecule has 1 saturated heterocycles. The minimum atomic E-state index is -3.62. The summed E-state index contributed by atoms with van der Waals surface area (Å²) in [6.07, 6.45) is 2.14. The van der Waals surface area contributed by atoms with E-state index in [4.69, 9.17) is 23.2 Å². The topological polar surface area (TPSA) is 49.4 Å². The smallest absolute Gasteiger partial charge is 0.242 e. The monoisotopic (exact) mass is 336 g/mol. The zero-order chi connectivity index (χ0) is 14.8. The van der Waals surface area contributed by atoms with Crippen molar-refractivity contribution in [2.24, 2.45) is 5.92 Å². The predicted octanol–water partition coefficient (Wildman–Crippen LogP) is 2.61. The van der Waals surface area contributed by atoms with Crippen LogP contribution in [-0.4, -0.2) is 40.0 Å². The average molecular weight is 337 g/mol.